The number of ketones is 1. The summed E-state index contributed by atoms with van der Waals surface area (Å²) in [6, 6.07) is 14.3. The fraction of sp³-hybridized carbons (Fsp3) is 0.419. The number of hydrogen-bond acceptors (Lipinski definition) is 3. The van der Waals surface area contributed by atoms with Crippen LogP contribution in [0.15, 0.2) is 42.2 Å². The molecule has 0 saturated carbocycles. The van der Waals surface area contributed by atoms with Gasteiger partial charge in [-0.2, -0.15) is 0 Å². The molecule has 0 saturated heterocycles. The van der Waals surface area contributed by atoms with Gasteiger partial charge in [0, 0.05) is 37.0 Å². The Balaban J connectivity index is 0.000000383. The third-order valence-electron chi connectivity index (χ3n) is 6.07. The second-order valence-corrected chi connectivity index (χ2v) is 11.4. The Bertz CT molecular complexity index is 1240. The van der Waals surface area contributed by atoms with E-state index in [2.05, 4.69) is 71.0 Å². The monoisotopic (exact) mass is 651 g/mol. The van der Waals surface area contributed by atoms with Gasteiger partial charge in [-0.05, 0) is 48.2 Å². The molecule has 1 radical (unpaired) electrons. The van der Waals surface area contributed by atoms with E-state index < -0.39 is 5.41 Å². The average Bonchev–Trinajstić information content (AvgIpc) is 2.70. The van der Waals surface area contributed by atoms with Crippen molar-refractivity contribution in [2.75, 3.05) is 0 Å². The van der Waals surface area contributed by atoms with Crippen LogP contribution in [0.25, 0.3) is 22.2 Å². The van der Waals surface area contributed by atoms with Crippen LogP contribution in [-0.4, -0.2) is 15.9 Å². The Hall–Kier alpha value is -2.29. The first-order valence-electron chi connectivity index (χ1n) is 11.8. The minimum absolute atomic E-state index is 0. The molecule has 3 aromatic rings. The molecular formula is C31H40IrNO2-. The van der Waals surface area contributed by atoms with E-state index in [-0.39, 0.29) is 37.1 Å². The van der Waals surface area contributed by atoms with E-state index in [0.717, 1.165) is 16.8 Å². The molecule has 0 aliphatic rings. The Morgan fingerprint density at radius 3 is 1.94 bits per heavy atom. The van der Waals surface area contributed by atoms with Crippen LogP contribution in [0, 0.1) is 51.5 Å². The van der Waals surface area contributed by atoms with Crippen LogP contribution in [-0.2, 0) is 24.9 Å². The minimum Gasteiger partial charge on any atom is -0.512 e. The summed E-state index contributed by atoms with van der Waals surface area (Å²) in [5.74, 6) is 0.104. The maximum Gasteiger partial charge on any atom is 0.164 e. The number of aliphatic hydroxyl groups excluding tert-OH is 1. The molecule has 0 aliphatic carbocycles. The van der Waals surface area contributed by atoms with Gasteiger partial charge in [-0.25, -0.2) is 0 Å². The third-order valence-corrected chi connectivity index (χ3v) is 6.07. The van der Waals surface area contributed by atoms with Gasteiger partial charge in [-0.3, -0.25) is 9.78 Å². The summed E-state index contributed by atoms with van der Waals surface area (Å²) in [7, 11) is 0. The second kappa shape index (κ2) is 11.6. The summed E-state index contributed by atoms with van der Waals surface area (Å²) in [5.41, 5.74) is 8.71. The first-order valence-corrected chi connectivity index (χ1v) is 11.8. The van der Waals surface area contributed by atoms with Crippen molar-refractivity contribution in [1.82, 2.24) is 4.98 Å². The topological polar surface area (TPSA) is 50.2 Å². The van der Waals surface area contributed by atoms with Crippen molar-refractivity contribution in [3.63, 3.8) is 0 Å². The molecule has 3 nitrogen and oxygen atoms in total. The molecule has 2 aromatic carbocycles. The fourth-order valence-electron chi connectivity index (χ4n) is 3.24. The summed E-state index contributed by atoms with van der Waals surface area (Å²) in [4.78, 5) is 16.3. The summed E-state index contributed by atoms with van der Waals surface area (Å²) in [6.07, 6.45) is 1.33. The number of pyridine rings is 1. The number of carbonyl (C=O) groups is 1. The van der Waals surface area contributed by atoms with Crippen LogP contribution in [0.1, 0.15) is 69.4 Å². The van der Waals surface area contributed by atoms with Gasteiger partial charge in [0.15, 0.2) is 5.78 Å². The first-order chi connectivity index (χ1) is 15.5. The van der Waals surface area contributed by atoms with Gasteiger partial charge in [0.2, 0.25) is 0 Å². The normalized spacial score (nSPS) is 12.0. The summed E-state index contributed by atoms with van der Waals surface area (Å²) in [5, 5.41) is 10.8. The first kappa shape index (κ1) is 30.7. The average molecular weight is 651 g/mol. The largest absolute Gasteiger partial charge is 0.512 e. The van der Waals surface area contributed by atoms with Crippen molar-refractivity contribution in [2.45, 2.75) is 76.2 Å². The molecule has 35 heavy (non-hydrogen) atoms. The number of aryl methyl sites for hydroxylation is 5. The molecule has 0 atom stereocenters. The maximum atomic E-state index is 11.5. The number of fused-ring (bicyclic) bond motifs is 1. The van der Waals surface area contributed by atoms with Gasteiger partial charge >= 0.3 is 0 Å². The van der Waals surface area contributed by atoms with E-state index >= 15 is 0 Å². The van der Waals surface area contributed by atoms with Gasteiger partial charge < -0.3 is 5.11 Å². The van der Waals surface area contributed by atoms with Crippen molar-refractivity contribution in [3.05, 3.63) is 76.1 Å². The van der Waals surface area contributed by atoms with Gasteiger partial charge in [-0.1, -0.05) is 74.4 Å². The van der Waals surface area contributed by atoms with Gasteiger partial charge in [0.05, 0.1) is 5.52 Å². The molecule has 1 aromatic heterocycles. The molecule has 4 heteroatoms. The van der Waals surface area contributed by atoms with Crippen molar-refractivity contribution in [1.29, 1.82) is 0 Å². The molecule has 0 spiro atoms. The smallest absolute Gasteiger partial charge is 0.164 e. The zero-order chi connectivity index (χ0) is 26.0. The molecule has 0 fully saturated rings. The summed E-state index contributed by atoms with van der Waals surface area (Å²) in [6.45, 7) is 21.8. The Labute approximate surface area is 225 Å². The summed E-state index contributed by atoms with van der Waals surface area (Å²) >= 11 is 0. The predicted octanol–water partition coefficient (Wildman–Crippen LogP) is 8.33. The zero-order valence-electron chi connectivity index (χ0n) is 23.1. The quantitative estimate of drug-likeness (QED) is 0.172. The minimum atomic E-state index is -0.417. The molecule has 0 aliphatic heterocycles. The van der Waals surface area contributed by atoms with Crippen LogP contribution in [0.2, 0.25) is 0 Å². The van der Waals surface area contributed by atoms with Crippen LogP contribution < -0.4 is 0 Å². The van der Waals surface area contributed by atoms with E-state index in [4.69, 9.17) is 4.98 Å². The molecule has 0 amide bonds. The Kier molecular flexibility index (Phi) is 10.2. The Morgan fingerprint density at radius 1 is 0.829 bits per heavy atom. The molecule has 3 rings (SSSR count). The molecule has 1 heterocycles. The molecule has 1 N–H and O–H groups in total. The SMILES string of the molecule is CC(C)(C)C(=O)/C=C(\O)C(C)(C)C.Cc1[c-]c(-c2ccc3cc(C)c(C)cc3n2)c(C)cc1C.[Ir]. The number of hydrogen-bond donors (Lipinski definition) is 1. The Morgan fingerprint density at radius 2 is 1.40 bits per heavy atom. The van der Waals surface area contributed by atoms with Crippen LogP contribution in [0.5, 0.6) is 0 Å². The number of benzene rings is 2. The van der Waals surface area contributed by atoms with E-state index in [0.29, 0.717) is 0 Å². The molecule has 0 bridgehead atoms. The van der Waals surface area contributed by atoms with Crippen LogP contribution >= 0.6 is 0 Å². The summed E-state index contributed by atoms with van der Waals surface area (Å²) < 4.78 is 0. The van der Waals surface area contributed by atoms with E-state index in [1.165, 1.54) is 39.3 Å². The van der Waals surface area contributed by atoms with E-state index in [9.17, 15) is 9.90 Å². The third kappa shape index (κ3) is 8.12. The van der Waals surface area contributed by atoms with Crippen LogP contribution in [0.3, 0.4) is 0 Å². The van der Waals surface area contributed by atoms with Crippen LogP contribution in [0.4, 0.5) is 0 Å². The van der Waals surface area contributed by atoms with Crippen molar-refractivity contribution in [2.24, 2.45) is 10.8 Å². The van der Waals surface area contributed by atoms with E-state index in [1.54, 1.807) is 0 Å². The fourth-order valence-corrected chi connectivity index (χ4v) is 3.24. The molecule has 0 unspecified atom stereocenters. The second-order valence-electron chi connectivity index (χ2n) is 11.4. The van der Waals surface area contributed by atoms with E-state index in [1.807, 2.05) is 41.5 Å². The number of aromatic nitrogens is 1. The van der Waals surface area contributed by atoms with Gasteiger partial charge in [0.25, 0.3) is 0 Å². The number of allylic oxidation sites excluding steroid dienone is 2. The zero-order valence-corrected chi connectivity index (χ0v) is 25.5. The standard InChI is InChI=1S/C20H20N.C11H20O2.Ir/c1-12-8-16(5)18(10-14(12)3)19-7-6-17-9-13(2)15(4)11-20(17)21-19;1-10(2,3)8(12)7-9(13)11(4,5)6;/h6-9,11H,1-5H3;7,12H,1-6H3;/q-1;;/b;8-7-;. The number of aliphatic hydroxyl groups is 1. The molecule has 191 valence electrons. The van der Waals surface area contributed by atoms with Crippen molar-refractivity contribution in [3.8, 4) is 11.3 Å². The number of carbonyl (C=O) groups excluding carboxylic acids is 1. The van der Waals surface area contributed by atoms with Crippen molar-refractivity contribution < 1.29 is 30.0 Å². The van der Waals surface area contributed by atoms with Crippen molar-refractivity contribution >= 4 is 16.7 Å². The maximum absolute atomic E-state index is 11.5. The van der Waals surface area contributed by atoms with Gasteiger partial charge in [-0.15, -0.1) is 34.4 Å². The van der Waals surface area contributed by atoms with Gasteiger partial charge in [0.1, 0.15) is 5.76 Å². The predicted molar refractivity (Wildman–Crippen MR) is 144 cm³/mol. The number of nitrogens with zero attached hydrogens (tertiary/aromatic N) is 1. The molecular weight excluding hydrogens is 611 g/mol. The number of rotatable bonds is 2.